The largest absolute Gasteiger partial charge is 0.497 e. The number of ketones is 1. The molecule has 0 saturated carbocycles. The van der Waals surface area contributed by atoms with Gasteiger partial charge in [-0.2, -0.15) is 0 Å². The zero-order valence-electron chi connectivity index (χ0n) is 19.1. The third-order valence-electron chi connectivity index (χ3n) is 6.62. The molecular formula is C26H27N3O3. The number of nitrogens with one attached hydrogen (secondary N) is 1. The maximum Gasteiger partial charge on any atom is 0.199 e. The Balaban J connectivity index is 1.73. The maximum absolute atomic E-state index is 14.1. The minimum Gasteiger partial charge on any atom is -0.497 e. The first-order valence-electron chi connectivity index (χ1n) is 10.7. The molecule has 0 saturated heterocycles. The van der Waals surface area contributed by atoms with Crippen LogP contribution in [0.2, 0.25) is 0 Å². The van der Waals surface area contributed by atoms with Crippen molar-refractivity contribution in [3.63, 3.8) is 0 Å². The lowest BCUT2D eigenvalue weighted by Crippen LogP contribution is -2.14. The van der Waals surface area contributed by atoms with Crippen molar-refractivity contribution in [2.24, 2.45) is 7.05 Å². The van der Waals surface area contributed by atoms with Gasteiger partial charge < -0.3 is 23.9 Å². The Morgan fingerprint density at radius 2 is 1.69 bits per heavy atom. The lowest BCUT2D eigenvalue weighted by molar-refractivity contribution is 0.105. The summed E-state index contributed by atoms with van der Waals surface area (Å²) < 4.78 is 13.0. The van der Waals surface area contributed by atoms with E-state index in [0.29, 0.717) is 11.1 Å². The van der Waals surface area contributed by atoms with Gasteiger partial charge in [0.1, 0.15) is 11.5 Å². The van der Waals surface area contributed by atoms with Crippen molar-refractivity contribution in [1.82, 2.24) is 14.5 Å². The standard InChI is InChI=1S/C26H27N3O3/c1-15-24(20-13-17(32-5)7-9-23(20)29(15)3)26(30)21-14-28(2)11-10-18-19-12-16(31-4)6-8-22(19)27-25(18)21/h6-9,12-14,27H,10-11H2,1-5H3. The fraction of sp³-hybridized carbons (Fsp3) is 0.269. The van der Waals surface area contributed by atoms with Gasteiger partial charge in [0, 0.05) is 54.3 Å². The predicted molar refractivity (Wildman–Crippen MR) is 128 cm³/mol. The molecule has 32 heavy (non-hydrogen) atoms. The highest BCUT2D eigenvalue weighted by Gasteiger charge is 2.28. The number of fused-ring (bicyclic) bond motifs is 4. The van der Waals surface area contributed by atoms with Crippen molar-refractivity contribution in [2.45, 2.75) is 13.3 Å². The number of aromatic amines is 1. The number of methoxy groups -OCH3 is 2. The number of rotatable bonds is 4. The molecule has 164 valence electrons. The molecule has 0 spiro atoms. The first-order valence-corrected chi connectivity index (χ1v) is 10.7. The number of H-pyrrole nitrogens is 1. The van der Waals surface area contributed by atoms with Crippen LogP contribution in [0.15, 0.2) is 42.6 Å². The Morgan fingerprint density at radius 3 is 2.41 bits per heavy atom. The van der Waals surface area contributed by atoms with Crippen LogP contribution < -0.4 is 9.47 Å². The van der Waals surface area contributed by atoms with E-state index in [4.69, 9.17) is 9.47 Å². The third-order valence-corrected chi connectivity index (χ3v) is 6.62. The number of benzene rings is 2. The molecule has 0 radical (unpaired) electrons. The van der Waals surface area contributed by atoms with Crippen LogP contribution in [-0.2, 0) is 13.5 Å². The van der Waals surface area contributed by atoms with Crippen LogP contribution in [0.3, 0.4) is 0 Å². The number of aromatic nitrogens is 2. The van der Waals surface area contributed by atoms with Crippen molar-refractivity contribution in [1.29, 1.82) is 0 Å². The number of hydrogen-bond acceptors (Lipinski definition) is 4. The fourth-order valence-electron chi connectivity index (χ4n) is 4.75. The average molecular weight is 430 g/mol. The number of likely N-dealkylation sites (N-methyl/N-ethyl adjacent to an activating group) is 1. The molecule has 0 unspecified atom stereocenters. The number of aryl methyl sites for hydroxylation is 1. The highest BCUT2D eigenvalue weighted by Crippen LogP contribution is 2.37. The number of allylic oxidation sites excluding steroid dienone is 1. The topological polar surface area (TPSA) is 59.5 Å². The van der Waals surface area contributed by atoms with Crippen LogP contribution in [0.1, 0.15) is 27.3 Å². The van der Waals surface area contributed by atoms with Crippen LogP contribution in [0.4, 0.5) is 0 Å². The fourth-order valence-corrected chi connectivity index (χ4v) is 4.75. The number of hydrogen-bond donors (Lipinski definition) is 1. The SMILES string of the molecule is COc1ccc2[nH]c3c(c2c1)CCN(C)C=C3C(=O)c1c(C)n(C)c2ccc(OC)cc12. The molecule has 6 heteroatoms. The van der Waals surface area contributed by atoms with Crippen LogP contribution >= 0.6 is 0 Å². The normalized spacial score (nSPS) is 13.8. The average Bonchev–Trinajstić information content (AvgIpc) is 3.22. The molecule has 0 bridgehead atoms. The first-order chi connectivity index (χ1) is 15.4. The van der Waals surface area contributed by atoms with Gasteiger partial charge in [0.2, 0.25) is 0 Å². The van der Waals surface area contributed by atoms with Crippen LogP contribution in [-0.4, -0.2) is 48.0 Å². The molecule has 0 amide bonds. The van der Waals surface area contributed by atoms with Crippen molar-refractivity contribution in [3.05, 3.63) is 65.1 Å². The van der Waals surface area contributed by atoms with E-state index in [1.807, 2.05) is 63.6 Å². The Morgan fingerprint density at radius 1 is 1.00 bits per heavy atom. The van der Waals surface area contributed by atoms with Crippen LogP contribution in [0.5, 0.6) is 11.5 Å². The Hall–Kier alpha value is -3.67. The number of nitrogens with zero attached hydrogens (tertiary/aromatic N) is 2. The van der Waals surface area contributed by atoms with E-state index in [9.17, 15) is 4.79 Å². The van der Waals surface area contributed by atoms with Gasteiger partial charge in [-0.3, -0.25) is 4.79 Å². The monoisotopic (exact) mass is 429 g/mol. The molecule has 1 N–H and O–H groups in total. The van der Waals surface area contributed by atoms with Crippen molar-refractivity contribution in [3.8, 4) is 11.5 Å². The number of carbonyl (C=O) groups is 1. The molecule has 0 atom stereocenters. The highest BCUT2D eigenvalue weighted by molar-refractivity contribution is 6.33. The molecule has 5 rings (SSSR count). The summed E-state index contributed by atoms with van der Waals surface area (Å²) in [5.41, 5.74) is 6.38. The van der Waals surface area contributed by atoms with Crippen molar-refractivity contribution < 1.29 is 14.3 Å². The van der Waals surface area contributed by atoms with Crippen LogP contribution in [0.25, 0.3) is 27.4 Å². The second-order valence-electron chi connectivity index (χ2n) is 8.40. The molecule has 0 fully saturated rings. The highest BCUT2D eigenvalue weighted by atomic mass is 16.5. The van der Waals surface area contributed by atoms with E-state index in [1.165, 1.54) is 0 Å². The molecular weight excluding hydrogens is 402 g/mol. The van der Waals surface area contributed by atoms with E-state index in [-0.39, 0.29) is 5.78 Å². The van der Waals surface area contributed by atoms with E-state index < -0.39 is 0 Å². The summed E-state index contributed by atoms with van der Waals surface area (Å²) in [5, 5.41) is 2.01. The summed E-state index contributed by atoms with van der Waals surface area (Å²) in [5.74, 6) is 1.56. The summed E-state index contributed by atoms with van der Waals surface area (Å²) in [4.78, 5) is 19.7. The molecule has 2 aromatic carbocycles. The number of ether oxygens (including phenoxy) is 2. The molecule has 1 aliphatic heterocycles. The first kappa shape index (κ1) is 20.2. The van der Waals surface area contributed by atoms with Crippen molar-refractivity contribution >= 4 is 33.2 Å². The molecule has 1 aliphatic rings. The third kappa shape index (κ3) is 2.98. The summed E-state index contributed by atoms with van der Waals surface area (Å²) in [6, 6.07) is 11.9. The Kier molecular flexibility index (Phi) is 4.73. The predicted octanol–water partition coefficient (Wildman–Crippen LogP) is 4.70. The van der Waals surface area contributed by atoms with Gasteiger partial charge in [0.15, 0.2) is 5.78 Å². The quantitative estimate of drug-likeness (QED) is 0.478. The van der Waals surface area contributed by atoms with Crippen LogP contribution in [0, 0.1) is 6.92 Å². The smallest absolute Gasteiger partial charge is 0.199 e. The minimum atomic E-state index is 0.00914. The van der Waals surface area contributed by atoms with Gasteiger partial charge in [-0.05, 0) is 55.3 Å². The zero-order valence-corrected chi connectivity index (χ0v) is 19.1. The molecule has 3 heterocycles. The minimum absolute atomic E-state index is 0.00914. The van der Waals surface area contributed by atoms with E-state index in [2.05, 4.69) is 14.5 Å². The lowest BCUT2D eigenvalue weighted by Gasteiger charge is -2.12. The summed E-state index contributed by atoms with van der Waals surface area (Å²) in [7, 11) is 7.33. The van der Waals surface area contributed by atoms with Gasteiger partial charge in [-0.15, -0.1) is 0 Å². The summed E-state index contributed by atoms with van der Waals surface area (Å²) in [6.07, 6.45) is 2.81. The Labute approximate surface area is 187 Å². The number of carbonyl (C=O) groups excluding carboxylic acids is 1. The van der Waals surface area contributed by atoms with E-state index >= 15 is 0 Å². The summed E-state index contributed by atoms with van der Waals surface area (Å²) in [6.45, 7) is 2.83. The summed E-state index contributed by atoms with van der Waals surface area (Å²) >= 11 is 0. The van der Waals surface area contributed by atoms with E-state index in [1.54, 1.807) is 14.2 Å². The van der Waals surface area contributed by atoms with Gasteiger partial charge in [-0.1, -0.05) is 0 Å². The maximum atomic E-state index is 14.1. The van der Waals surface area contributed by atoms with Gasteiger partial charge in [0.25, 0.3) is 0 Å². The number of Topliss-reactive ketones (excluding diaryl/α,β-unsaturated/α-hetero) is 1. The molecule has 4 aromatic rings. The lowest BCUT2D eigenvalue weighted by atomic mass is 9.96. The van der Waals surface area contributed by atoms with Gasteiger partial charge in [0.05, 0.1) is 31.1 Å². The zero-order chi connectivity index (χ0) is 22.6. The van der Waals surface area contributed by atoms with Gasteiger partial charge >= 0.3 is 0 Å². The molecule has 2 aromatic heterocycles. The van der Waals surface area contributed by atoms with Gasteiger partial charge in [-0.25, -0.2) is 0 Å². The second-order valence-corrected chi connectivity index (χ2v) is 8.40. The van der Waals surface area contributed by atoms with Crippen molar-refractivity contribution in [2.75, 3.05) is 27.8 Å². The molecule has 6 nitrogen and oxygen atoms in total. The Bertz CT molecular complexity index is 1410. The molecule has 0 aliphatic carbocycles. The van der Waals surface area contributed by atoms with E-state index in [0.717, 1.165) is 63.2 Å². The second kappa shape index (κ2) is 7.48.